The summed E-state index contributed by atoms with van der Waals surface area (Å²) in [6, 6.07) is 7.21. The Morgan fingerprint density at radius 3 is 2.36 bits per heavy atom. The van der Waals surface area contributed by atoms with Crippen molar-refractivity contribution in [2.24, 2.45) is 5.73 Å². The highest BCUT2D eigenvalue weighted by atomic mass is 19.4. The average Bonchev–Trinajstić information content (AvgIpc) is 2.64. The molecule has 0 aromatic heterocycles. The Morgan fingerprint density at radius 2 is 1.75 bits per heavy atom. The first-order chi connectivity index (χ1) is 13.1. The lowest BCUT2D eigenvalue weighted by Gasteiger charge is -2.10. The van der Waals surface area contributed by atoms with Crippen LogP contribution in [-0.2, 0) is 11.0 Å². The summed E-state index contributed by atoms with van der Waals surface area (Å²) >= 11 is 0. The summed E-state index contributed by atoms with van der Waals surface area (Å²) in [4.78, 5) is 33.5. The first kappa shape index (κ1) is 20.5. The summed E-state index contributed by atoms with van der Waals surface area (Å²) in [6.45, 7) is 1.68. The molecule has 0 bridgehead atoms. The van der Waals surface area contributed by atoms with E-state index in [0.29, 0.717) is 17.2 Å². The number of hydrogen-bond acceptors (Lipinski definition) is 3. The highest BCUT2D eigenvalue weighted by molar-refractivity contribution is 5.95. The zero-order valence-electron chi connectivity index (χ0n) is 14.5. The van der Waals surface area contributed by atoms with Crippen molar-refractivity contribution in [3.8, 4) is 11.8 Å². The maximum Gasteiger partial charge on any atom is 0.416 e. The molecule has 0 radical (unpaired) electrons. The molecular weight excluding hydrogens is 375 g/mol. The number of hydrazine groups is 1. The maximum absolute atomic E-state index is 13.1. The van der Waals surface area contributed by atoms with E-state index in [-0.39, 0.29) is 23.1 Å². The summed E-state index contributed by atoms with van der Waals surface area (Å²) < 4.78 is 39.3. The molecule has 0 aliphatic carbocycles. The molecule has 28 heavy (non-hydrogen) atoms. The zero-order chi connectivity index (χ0) is 20.9. The van der Waals surface area contributed by atoms with Crippen LogP contribution in [0.4, 0.5) is 13.2 Å². The third-order valence-electron chi connectivity index (χ3n) is 3.62. The van der Waals surface area contributed by atoms with Crippen LogP contribution in [0, 0.1) is 18.8 Å². The lowest BCUT2D eigenvalue weighted by Crippen LogP contribution is -2.36. The van der Waals surface area contributed by atoms with Gasteiger partial charge >= 0.3 is 6.18 Å². The number of benzene rings is 2. The van der Waals surface area contributed by atoms with Gasteiger partial charge in [0.15, 0.2) is 0 Å². The Kier molecular flexibility index (Phi) is 6.05. The molecule has 0 spiro atoms. The highest BCUT2D eigenvalue weighted by Gasteiger charge is 2.31. The van der Waals surface area contributed by atoms with Gasteiger partial charge in [0.1, 0.15) is 0 Å². The number of hydrogen-bond donors (Lipinski definition) is 3. The minimum Gasteiger partial charge on any atom is -0.366 e. The maximum atomic E-state index is 13.1. The largest absolute Gasteiger partial charge is 0.416 e. The van der Waals surface area contributed by atoms with Gasteiger partial charge in [0.05, 0.1) is 5.56 Å². The second-order valence-electron chi connectivity index (χ2n) is 5.66. The van der Waals surface area contributed by atoms with E-state index < -0.39 is 23.6 Å². The standard InChI is InChI=1S/C19H14F3N3O3/c1-11-2-3-12(8-16(11)17(23)27)4-5-13-6-14(18(28)25-24-10-26)9-15(7-13)19(20,21)22/h2-3,6-10H,1H3,(H2,23,27)(H,24,26)(H,25,28). The van der Waals surface area contributed by atoms with Crippen molar-refractivity contribution in [2.75, 3.05) is 0 Å². The lowest BCUT2D eigenvalue weighted by atomic mass is 10.0. The molecule has 0 atom stereocenters. The molecule has 0 heterocycles. The molecule has 0 unspecified atom stereocenters. The van der Waals surface area contributed by atoms with Gasteiger partial charge in [0.2, 0.25) is 12.3 Å². The van der Waals surface area contributed by atoms with Crippen LogP contribution < -0.4 is 16.6 Å². The second-order valence-corrected chi connectivity index (χ2v) is 5.66. The number of nitrogens with one attached hydrogen (secondary N) is 2. The van der Waals surface area contributed by atoms with Gasteiger partial charge in [-0.2, -0.15) is 13.2 Å². The Balaban J connectivity index is 2.47. The van der Waals surface area contributed by atoms with Gasteiger partial charge in [-0.3, -0.25) is 25.2 Å². The Bertz CT molecular complexity index is 1000. The molecule has 2 rings (SSSR count). The SMILES string of the molecule is Cc1ccc(C#Cc2cc(C(=O)NNC=O)cc(C(F)(F)F)c2)cc1C(N)=O. The van der Waals surface area contributed by atoms with E-state index in [2.05, 4.69) is 11.8 Å². The molecule has 0 aliphatic rings. The second kappa shape index (κ2) is 8.26. The molecule has 144 valence electrons. The van der Waals surface area contributed by atoms with Gasteiger partial charge in [-0.15, -0.1) is 0 Å². The van der Waals surface area contributed by atoms with Crippen molar-refractivity contribution in [3.05, 3.63) is 69.8 Å². The summed E-state index contributed by atoms with van der Waals surface area (Å²) in [7, 11) is 0. The van der Waals surface area contributed by atoms with Gasteiger partial charge in [-0.1, -0.05) is 17.9 Å². The minimum atomic E-state index is -4.70. The number of rotatable bonds is 4. The third-order valence-corrected chi connectivity index (χ3v) is 3.62. The number of aryl methyl sites for hydroxylation is 1. The summed E-state index contributed by atoms with van der Waals surface area (Å²) in [6.07, 6.45) is -4.53. The third kappa shape index (κ3) is 5.11. The van der Waals surface area contributed by atoms with Gasteiger partial charge in [-0.25, -0.2) is 0 Å². The number of alkyl halides is 3. The summed E-state index contributed by atoms with van der Waals surface area (Å²) in [5.74, 6) is 3.59. The molecule has 0 fully saturated rings. The highest BCUT2D eigenvalue weighted by Crippen LogP contribution is 2.30. The van der Waals surface area contributed by atoms with Crippen molar-refractivity contribution in [1.82, 2.24) is 10.9 Å². The topological polar surface area (TPSA) is 101 Å². The fourth-order valence-corrected chi connectivity index (χ4v) is 2.27. The van der Waals surface area contributed by atoms with Gasteiger partial charge in [0, 0.05) is 22.3 Å². The molecule has 6 nitrogen and oxygen atoms in total. The van der Waals surface area contributed by atoms with Crippen LogP contribution in [0.2, 0.25) is 0 Å². The molecule has 0 aliphatic heterocycles. The Hall–Kier alpha value is -3.80. The molecule has 0 saturated heterocycles. The van der Waals surface area contributed by atoms with Crippen LogP contribution in [0.5, 0.6) is 0 Å². The summed E-state index contributed by atoms with van der Waals surface area (Å²) in [5, 5.41) is 0. The average molecular weight is 389 g/mol. The van der Waals surface area contributed by atoms with Crippen LogP contribution in [0.3, 0.4) is 0 Å². The van der Waals surface area contributed by atoms with E-state index in [4.69, 9.17) is 5.73 Å². The fraction of sp³-hybridized carbons (Fsp3) is 0.105. The van der Waals surface area contributed by atoms with Crippen LogP contribution in [0.1, 0.15) is 43.0 Å². The van der Waals surface area contributed by atoms with E-state index in [1.54, 1.807) is 19.1 Å². The Morgan fingerprint density at radius 1 is 1.07 bits per heavy atom. The first-order valence-corrected chi connectivity index (χ1v) is 7.76. The predicted octanol–water partition coefficient (Wildman–Crippen LogP) is 1.90. The van der Waals surface area contributed by atoms with Gasteiger partial charge in [-0.05, 0) is 42.8 Å². The van der Waals surface area contributed by atoms with Crippen LogP contribution >= 0.6 is 0 Å². The molecule has 4 N–H and O–H groups in total. The first-order valence-electron chi connectivity index (χ1n) is 7.76. The number of nitrogens with two attached hydrogens (primary N) is 1. The van der Waals surface area contributed by atoms with Crippen LogP contribution in [0.15, 0.2) is 36.4 Å². The minimum absolute atomic E-state index is 0.0766. The number of halogens is 3. The van der Waals surface area contributed by atoms with E-state index >= 15 is 0 Å². The molecular formula is C19H14F3N3O3. The molecule has 9 heteroatoms. The van der Waals surface area contributed by atoms with Crippen LogP contribution in [0.25, 0.3) is 0 Å². The van der Waals surface area contributed by atoms with Crippen molar-refractivity contribution in [1.29, 1.82) is 0 Å². The van der Waals surface area contributed by atoms with Crippen LogP contribution in [-0.4, -0.2) is 18.2 Å². The number of carbonyl (C=O) groups is 3. The summed E-state index contributed by atoms with van der Waals surface area (Å²) in [5.41, 5.74) is 8.82. The molecule has 3 amide bonds. The van der Waals surface area contributed by atoms with E-state index in [1.165, 1.54) is 6.07 Å². The van der Waals surface area contributed by atoms with Gasteiger partial charge in [0.25, 0.3) is 5.91 Å². The number of primary amides is 1. The van der Waals surface area contributed by atoms with E-state index in [0.717, 1.165) is 12.1 Å². The van der Waals surface area contributed by atoms with Crippen molar-refractivity contribution >= 4 is 18.2 Å². The molecule has 2 aromatic rings. The quantitative estimate of drug-likeness (QED) is 0.423. The van der Waals surface area contributed by atoms with Crippen molar-refractivity contribution in [3.63, 3.8) is 0 Å². The smallest absolute Gasteiger partial charge is 0.366 e. The monoisotopic (exact) mass is 389 g/mol. The lowest BCUT2D eigenvalue weighted by molar-refractivity contribution is -0.137. The normalized spacial score (nSPS) is 10.4. The van der Waals surface area contributed by atoms with Crippen molar-refractivity contribution in [2.45, 2.75) is 13.1 Å². The molecule has 2 aromatic carbocycles. The fourth-order valence-electron chi connectivity index (χ4n) is 2.27. The molecule has 0 saturated carbocycles. The predicted molar refractivity (Wildman–Crippen MR) is 93.8 cm³/mol. The van der Waals surface area contributed by atoms with E-state index in [9.17, 15) is 27.6 Å². The zero-order valence-corrected chi connectivity index (χ0v) is 14.5. The van der Waals surface area contributed by atoms with Gasteiger partial charge < -0.3 is 5.73 Å². The van der Waals surface area contributed by atoms with Crippen molar-refractivity contribution < 1.29 is 27.6 Å². The van der Waals surface area contributed by atoms with E-state index in [1.807, 2.05) is 10.9 Å². The number of amides is 3. The number of carbonyl (C=O) groups excluding carboxylic acids is 3. The Labute approximate surface area is 157 Å².